The predicted octanol–water partition coefficient (Wildman–Crippen LogP) is 0.0357. The van der Waals surface area contributed by atoms with E-state index in [-0.39, 0.29) is 16.4 Å². The maximum atomic E-state index is 12.3. The lowest BCUT2D eigenvalue weighted by Gasteiger charge is -2.20. The molecule has 0 bridgehead atoms. The van der Waals surface area contributed by atoms with Crippen molar-refractivity contribution in [1.82, 2.24) is 9.21 Å². The molecule has 2 aliphatic rings. The van der Waals surface area contributed by atoms with Crippen molar-refractivity contribution in [2.24, 2.45) is 0 Å². The molecule has 0 saturated carbocycles. The van der Waals surface area contributed by atoms with Crippen LogP contribution in [0.5, 0.6) is 0 Å². The van der Waals surface area contributed by atoms with E-state index in [0.717, 1.165) is 12.8 Å². The molecule has 1 saturated heterocycles. The minimum Gasteiger partial charge on any atom is -0.399 e. The molecular formula is C13H15N3O4S. The van der Waals surface area contributed by atoms with Gasteiger partial charge in [0, 0.05) is 18.8 Å². The molecule has 2 N–H and O–H groups in total. The Morgan fingerprint density at radius 1 is 1.24 bits per heavy atom. The number of carbonyl (C=O) groups is 2. The summed E-state index contributed by atoms with van der Waals surface area (Å²) in [6.07, 6.45) is 1.81. The largest absolute Gasteiger partial charge is 0.399 e. The predicted molar refractivity (Wildman–Crippen MR) is 74.9 cm³/mol. The number of benzene rings is 1. The summed E-state index contributed by atoms with van der Waals surface area (Å²) in [5, 5.41) is 0. The molecule has 0 atom stereocenters. The third kappa shape index (κ3) is 2.15. The van der Waals surface area contributed by atoms with Gasteiger partial charge in [0.1, 0.15) is 11.4 Å². The first-order chi connectivity index (χ1) is 9.91. The van der Waals surface area contributed by atoms with Gasteiger partial charge >= 0.3 is 0 Å². The van der Waals surface area contributed by atoms with Crippen molar-refractivity contribution in [2.45, 2.75) is 17.7 Å². The highest BCUT2D eigenvalue weighted by Gasteiger charge is 2.42. The van der Waals surface area contributed by atoms with E-state index in [9.17, 15) is 18.0 Å². The Hall–Kier alpha value is -2.09. The van der Waals surface area contributed by atoms with Gasteiger partial charge in [-0.3, -0.25) is 9.59 Å². The molecule has 2 heterocycles. The van der Waals surface area contributed by atoms with Crippen molar-refractivity contribution in [3.63, 3.8) is 0 Å². The van der Waals surface area contributed by atoms with E-state index in [2.05, 4.69) is 0 Å². The average Bonchev–Trinajstić information content (AvgIpc) is 3.02. The zero-order valence-electron chi connectivity index (χ0n) is 11.3. The first-order valence-electron chi connectivity index (χ1n) is 6.65. The van der Waals surface area contributed by atoms with E-state index in [1.165, 1.54) is 18.2 Å². The van der Waals surface area contributed by atoms with Gasteiger partial charge in [0.15, 0.2) is 0 Å². The molecule has 2 aliphatic heterocycles. The number of nitrogen functional groups attached to an aromatic ring is 1. The van der Waals surface area contributed by atoms with Gasteiger partial charge in [0.05, 0.1) is 5.56 Å². The van der Waals surface area contributed by atoms with E-state index in [4.69, 9.17) is 5.73 Å². The fourth-order valence-corrected chi connectivity index (χ4v) is 4.15. The summed E-state index contributed by atoms with van der Waals surface area (Å²) < 4.78 is 25.3. The highest BCUT2D eigenvalue weighted by Crippen LogP contribution is 2.31. The summed E-state index contributed by atoms with van der Waals surface area (Å²) in [7, 11) is -3.96. The quantitative estimate of drug-likeness (QED) is 0.777. The molecule has 0 radical (unpaired) electrons. The van der Waals surface area contributed by atoms with Gasteiger partial charge in [-0.25, -0.2) is 12.7 Å². The average molecular weight is 309 g/mol. The van der Waals surface area contributed by atoms with Gasteiger partial charge in [0.25, 0.3) is 15.9 Å². The molecule has 112 valence electrons. The van der Waals surface area contributed by atoms with Crippen LogP contribution in [0, 0.1) is 0 Å². The van der Waals surface area contributed by atoms with Crippen molar-refractivity contribution in [2.75, 3.05) is 25.4 Å². The van der Waals surface area contributed by atoms with Gasteiger partial charge < -0.3 is 10.6 Å². The summed E-state index contributed by atoms with van der Waals surface area (Å²) in [6.45, 7) is 0.775. The Bertz CT molecular complexity index is 723. The van der Waals surface area contributed by atoms with E-state index in [1.54, 1.807) is 4.90 Å². The van der Waals surface area contributed by atoms with Crippen LogP contribution in [0.4, 0.5) is 5.69 Å². The fourth-order valence-electron chi connectivity index (χ4n) is 2.65. The number of hydrogen-bond acceptors (Lipinski definition) is 5. The molecule has 0 spiro atoms. The van der Waals surface area contributed by atoms with Gasteiger partial charge in [-0.1, -0.05) is 0 Å². The van der Waals surface area contributed by atoms with Crippen molar-refractivity contribution in [3.05, 3.63) is 23.8 Å². The van der Waals surface area contributed by atoms with E-state index in [1.807, 2.05) is 0 Å². The highest BCUT2D eigenvalue weighted by molar-refractivity contribution is 7.90. The fraction of sp³-hybridized carbons (Fsp3) is 0.385. The van der Waals surface area contributed by atoms with Crippen LogP contribution in [-0.4, -0.2) is 49.1 Å². The number of rotatable bonds is 2. The molecule has 0 aliphatic carbocycles. The molecule has 7 nitrogen and oxygen atoms in total. The zero-order chi connectivity index (χ0) is 15.2. The number of nitrogens with two attached hydrogens (primary N) is 1. The van der Waals surface area contributed by atoms with Crippen LogP contribution in [0.3, 0.4) is 0 Å². The maximum Gasteiger partial charge on any atom is 0.269 e. The lowest BCUT2D eigenvalue weighted by Crippen LogP contribution is -2.41. The number of likely N-dealkylation sites (tertiary alicyclic amines) is 1. The Morgan fingerprint density at radius 2 is 1.90 bits per heavy atom. The van der Waals surface area contributed by atoms with Crippen LogP contribution in [0.25, 0.3) is 0 Å². The van der Waals surface area contributed by atoms with E-state index >= 15 is 0 Å². The SMILES string of the molecule is Nc1ccc2c(c1)C(=O)N(CC(=O)N1CCCC1)S2(=O)=O. The Balaban J connectivity index is 1.91. The van der Waals surface area contributed by atoms with Gasteiger partial charge in [0.2, 0.25) is 5.91 Å². The van der Waals surface area contributed by atoms with Crippen molar-refractivity contribution in [3.8, 4) is 0 Å². The second-order valence-corrected chi connectivity index (χ2v) is 6.99. The second-order valence-electron chi connectivity index (χ2n) is 5.16. The number of nitrogens with zero attached hydrogens (tertiary/aromatic N) is 2. The van der Waals surface area contributed by atoms with Crippen LogP contribution in [0.2, 0.25) is 0 Å². The first-order valence-corrected chi connectivity index (χ1v) is 8.09. The molecule has 21 heavy (non-hydrogen) atoms. The molecule has 1 fully saturated rings. The lowest BCUT2D eigenvalue weighted by atomic mass is 10.2. The minimum absolute atomic E-state index is 0.0317. The molecule has 1 aromatic carbocycles. The number of fused-ring (bicyclic) bond motifs is 1. The number of amides is 2. The van der Waals surface area contributed by atoms with Crippen LogP contribution >= 0.6 is 0 Å². The minimum atomic E-state index is -3.96. The van der Waals surface area contributed by atoms with Crippen LogP contribution in [0.1, 0.15) is 23.2 Å². The molecule has 3 rings (SSSR count). The molecular weight excluding hydrogens is 294 g/mol. The maximum absolute atomic E-state index is 12.3. The zero-order valence-corrected chi connectivity index (χ0v) is 12.1. The van der Waals surface area contributed by atoms with Gasteiger partial charge in [-0.2, -0.15) is 0 Å². The molecule has 8 heteroatoms. The molecule has 0 aromatic heterocycles. The number of carbonyl (C=O) groups excluding carboxylic acids is 2. The summed E-state index contributed by atoms with van der Waals surface area (Å²) in [5.41, 5.74) is 5.93. The van der Waals surface area contributed by atoms with Crippen LogP contribution < -0.4 is 5.73 Å². The lowest BCUT2D eigenvalue weighted by molar-refractivity contribution is -0.130. The number of sulfonamides is 1. The standard InChI is InChI=1S/C13H15N3O4S/c14-9-3-4-11-10(7-9)13(18)16(21(11,19)20)8-12(17)15-5-1-2-6-15/h3-4,7H,1-2,5-6,8,14H2. The summed E-state index contributed by atoms with van der Waals surface area (Å²) >= 11 is 0. The third-order valence-electron chi connectivity index (χ3n) is 3.77. The number of anilines is 1. The molecule has 2 amide bonds. The van der Waals surface area contributed by atoms with Gasteiger partial charge in [-0.05, 0) is 31.0 Å². The summed E-state index contributed by atoms with van der Waals surface area (Å²) in [5.74, 6) is -1.03. The smallest absolute Gasteiger partial charge is 0.269 e. The Kier molecular flexibility index (Phi) is 3.12. The van der Waals surface area contributed by atoms with Crippen molar-refractivity contribution < 1.29 is 18.0 Å². The van der Waals surface area contributed by atoms with Crippen molar-refractivity contribution in [1.29, 1.82) is 0 Å². The van der Waals surface area contributed by atoms with Gasteiger partial charge in [-0.15, -0.1) is 0 Å². The third-order valence-corrected chi connectivity index (χ3v) is 5.55. The van der Waals surface area contributed by atoms with Crippen molar-refractivity contribution >= 4 is 27.5 Å². The number of hydrogen-bond donors (Lipinski definition) is 1. The molecule has 0 unspecified atom stereocenters. The normalized spacial score (nSPS) is 19.9. The van der Waals surface area contributed by atoms with Crippen LogP contribution in [-0.2, 0) is 14.8 Å². The second kappa shape index (κ2) is 4.73. The Morgan fingerprint density at radius 3 is 2.57 bits per heavy atom. The van der Waals surface area contributed by atoms with E-state index in [0.29, 0.717) is 23.1 Å². The molecule has 1 aromatic rings. The van der Waals surface area contributed by atoms with E-state index < -0.39 is 22.5 Å². The summed E-state index contributed by atoms with van der Waals surface area (Å²) in [4.78, 5) is 25.8. The first kappa shape index (κ1) is 13.9. The topological polar surface area (TPSA) is 101 Å². The Labute approximate surface area is 122 Å². The highest BCUT2D eigenvalue weighted by atomic mass is 32.2. The monoisotopic (exact) mass is 309 g/mol. The van der Waals surface area contributed by atoms with Crippen LogP contribution in [0.15, 0.2) is 23.1 Å². The summed E-state index contributed by atoms with van der Waals surface area (Å²) in [6, 6.07) is 4.06.